The Labute approximate surface area is 75.1 Å². The first-order valence-electron chi connectivity index (χ1n) is 3.69. The Balaban J connectivity index is 3.77. The van der Waals surface area contributed by atoms with Crippen LogP contribution in [0.3, 0.4) is 0 Å². The summed E-state index contributed by atoms with van der Waals surface area (Å²) in [4.78, 5) is 10.5. The van der Waals surface area contributed by atoms with E-state index >= 15 is 0 Å². The summed E-state index contributed by atoms with van der Waals surface area (Å²) in [5.41, 5.74) is 0. The first-order chi connectivity index (χ1) is 5.61. The van der Waals surface area contributed by atoms with E-state index in [4.69, 9.17) is 0 Å². The number of hydrogen-bond acceptors (Lipinski definition) is 2. The maximum Gasteiger partial charge on any atom is 0.315 e. The van der Waals surface area contributed by atoms with Gasteiger partial charge in [0, 0.05) is 11.8 Å². The molecule has 0 saturated heterocycles. The van der Waals surface area contributed by atoms with E-state index in [9.17, 15) is 13.6 Å². The maximum atomic E-state index is 11.7. The molecule has 0 aromatic heterocycles. The monoisotopic (exact) mass is 197 g/mol. The van der Waals surface area contributed by atoms with Gasteiger partial charge in [0.2, 0.25) is 0 Å². The number of carbonyl (C=O) groups is 1. The number of thioether (sulfide) groups is 1. The van der Waals surface area contributed by atoms with Crippen LogP contribution in [-0.4, -0.2) is 30.4 Å². The van der Waals surface area contributed by atoms with Gasteiger partial charge in [-0.2, -0.15) is 20.5 Å². The van der Waals surface area contributed by atoms with Crippen LogP contribution in [0.1, 0.15) is 13.3 Å². The van der Waals surface area contributed by atoms with Gasteiger partial charge in [0.1, 0.15) is 0 Å². The number of hydrogen-bond donors (Lipinski definition) is 1. The van der Waals surface area contributed by atoms with Gasteiger partial charge in [0.05, 0.1) is 0 Å². The van der Waals surface area contributed by atoms with E-state index < -0.39 is 12.3 Å². The van der Waals surface area contributed by atoms with Crippen LogP contribution in [0.4, 0.5) is 8.78 Å². The van der Waals surface area contributed by atoms with Gasteiger partial charge in [-0.25, -0.2) is 0 Å². The zero-order valence-electron chi connectivity index (χ0n) is 7.14. The number of nitrogens with one attached hydrogen (secondary N) is 1. The van der Waals surface area contributed by atoms with Crippen molar-refractivity contribution in [2.45, 2.75) is 25.8 Å². The third-order valence-electron chi connectivity index (χ3n) is 1.41. The first kappa shape index (κ1) is 11.7. The highest BCUT2D eigenvalue weighted by molar-refractivity contribution is 7.98. The van der Waals surface area contributed by atoms with Crippen molar-refractivity contribution < 1.29 is 13.6 Å². The Bertz CT molecular complexity index is 143. The van der Waals surface area contributed by atoms with E-state index in [-0.39, 0.29) is 6.04 Å². The molecule has 0 spiro atoms. The number of rotatable bonds is 5. The summed E-state index contributed by atoms with van der Waals surface area (Å²) in [5, 5.41) is 2.26. The van der Waals surface area contributed by atoms with Crippen LogP contribution in [-0.2, 0) is 4.79 Å². The van der Waals surface area contributed by atoms with E-state index in [1.807, 2.05) is 13.2 Å². The van der Waals surface area contributed by atoms with Crippen molar-refractivity contribution in [2.75, 3.05) is 12.0 Å². The summed E-state index contributed by atoms with van der Waals surface area (Å²) in [7, 11) is 0. The molecule has 0 fully saturated rings. The third-order valence-corrected chi connectivity index (χ3v) is 2.14. The van der Waals surface area contributed by atoms with Crippen molar-refractivity contribution in [3.63, 3.8) is 0 Å². The molecule has 1 N–H and O–H groups in total. The highest BCUT2D eigenvalue weighted by Gasteiger charge is 2.17. The fourth-order valence-corrected chi connectivity index (χ4v) is 1.45. The largest absolute Gasteiger partial charge is 0.348 e. The standard InChI is InChI=1S/C7H13F2NOS/c1-3-5(4-12-2)10-7(11)6(8)9/h5-6H,3-4H2,1-2H3,(H,10,11). The van der Waals surface area contributed by atoms with E-state index in [2.05, 4.69) is 5.32 Å². The Morgan fingerprint density at radius 3 is 2.50 bits per heavy atom. The molecule has 0 aliphatic heterocycles. The average molecular weight is 197 g/mol. The summed E-state index contributed by atoms with van der Waals surface area (Å²) in [6.45, 7) is 1.85. The topological polar surface area (TPSA) is 29.1 Å². The minimum atomic E-state index is -2.90. The zero-order valence-corrected chi connectivity index (χ0v) is 7.96. The fraction of sp³-hybridized carbons (Fsp3) is 0.857. The van der Waals surface area contributed by atoms with Crippen molar-refractivity contribution in [1.82, 2.24) is 5.32 Å². The number of amides is 1. The molecule has 1 unspecified atom stereocenters. The van der Waals surface area contributed by atoms with Crippen LogP contribution in [0.2, 0.25) is 0 Å². The van der Waals surface area contributed by atoms with Gasteiger partial charge in [-0.1, -0.05) is 6.92 Å². The molecule has 12 heavy (non-hydrogen) atoms. The van der Waals surface area contributed by atoms with E-state index in [1.165, 1.54) is 11.8 Å². The second-order valence-electron chi connectivity index (χ2n) is 2.37. The van der Waals surface area contributed by atoms with Crippen molar-refractivity contribution in [2.24, 2.45) is 0 Å². The molecule has 0 bridgehead atoms. The second-order valence-corrected chi connectivity index (χ2v) is 3.28. The predicted octanol–water partition coefficient (Wildman–Crippen LogP) is 1.51. The van der Waals surface area contributed by atoms with Gasteiger partial charge >= 0.3 is 6.43 Å². The summed E-state index contributed by atoms with van der Waals surface area (Å²) in [6.07, 6.45) is -0.350. The lowest BCUT2D eigenvalue weighted by molar-refractivity contribution is -0.132. The highest BCUT2D eigenvalue weighted by atomic mass is 32.2. The molecule has 72 valence electrons. The molecule has 0 saturated carbocycles. The molecular weight excluding hydrogens is 184 g/mol. The van der Waals surface area contributed by atoms with Crippen LogP contribution in [0, 0.1) is 0 Å². The lowest BCUT2D eigenvalue weighted by atomic mass is 10.2. The van der Waals surface area contributed by atoms with E-state index in [0.717, 1.165) is 0 Å². The zero-order chi connectivity index (χ0) is 9.56. The van der Waals surface area contributed by atoms with Crippen LogP contribution >= 0.6 is 11.8 Å². The molecule has 5 heteroatoms. The van der Waals surface area contributed by atoms with Crippen molar-refractivity contribution >= 4 is 17.7 Å². The number of halogens is 2. The smallest absolute Gasteiger partial charge is 0.315 e. The quantitative estimate of drug-likeness (QED) is 0.723. The van der Waals surface area contributed by atoms with Crippen molar-refractivity contribution in [3.8, 4) is 0 Å². The normalized spacial score (nSPS) is 13.1. The van der Waals surface area contributed by atoms with Gasteiger partial charge in [-0.15, -0.1) is 0 Å². The lowest BCUT2D eigenvalue weighted by Gasteiger charge is -2.14. The second kappa shape index (κ2) is 6.22. The SMILES string of the molecule is CCC(CSC)NC(=O)C(F)F. The molecule has 0 heterocycles. The molecule has 0 aliphatic rings. The minimum Gasteiger partial charge on any atom is -0.348 e. The Morgan fingerprint density at radius 2 is 2.17 bits per heavy atom. The molecule has 0 aromatic carbocycles. The number of alkyl halides is 2. The fourth-order valence-electron chi connectivity index (χ4n) is 0.727. The van der Waals surface area contributed by atoms with Crippen LogP contribution in [0.15, 0.2) is 0 Å². The summed E-state index contributed by atoms with van der Waals surface area (Å²) in [6, 6.07) is -0.137. The molecule has 0 aliphatic carbocycles. The van der Waals surface area contributed by atoms with Crippen molar-refractivity contribution in [3.05, 3.63) is 0 Å². The van der Waals surface area contributed by atoms with Gasteiger partial charge in [-0.3, -0.25) is 4.79 Å². The highest BCUT2D eigenvalue weighted by Crippen LogP contribution is 2.02. The van der Waals surface area contributed by atoms with E-state index in [0.29, 0.717) is 12.2 Å². The minimum absolute atomic E-state index is 0.137. The third kappa shape index (κ3) is 4.54. The van der Waals surface area contributed by atoms with Crippen LogP contribution in [0.5, 0.6) is 0 Å². The van der Waals surface area contributed by atoms with Gasteiger partial charge in [0.25, 0.3) is 5.91 Å². The average Bonchev–Trinajstić information content (AvgIpc) is 2.03. The molecular formula is C7H13F2NOS. The van der Waals surface area contributed by atoms with Crippen LogP contribution in [0.25, 0.3) is 0 Å². The Kier molecular flexibility index (Phi) is 6.06. The Morgan fingerprint density at radius 1 is 1.58 bits per heavy atom. The first-order valence-corrected chi connectivity index (χ1v) is 5.08. The summed E-state index contributed by atoms with van der Waals surface area (Å²) in [5.74, 6) is -0.495. The van der Waals surface area contributed by atoms with E-state index in [1.54, 1.807) is 0 Å². The van der Waals surface area contributed by atoms with Crippen molar-refractivity contribution in [1.29, 1.82) is 0 Å². The van der Waals surface area contributed by atoms with Gasteiger partial charge < -0.3 is 5.32 Å². The Hall–Kier alpha value is -0.320. The molecule has 1 amide bonds. The van der Waals surface area contributed by atoms with Crippen LogP contribution < -0.4 is 5.32 Å². The summed E-state index contributed by atoms with van der Waals surface area (Å²) >= 11 is 1.53. The number of carbonyl (C=O) groups excluding carboxylic acids is 1. The molecule has 0 rings (SSSR count). The molecule has 0 aromatic rings. The predicted molar refractivity (Wildman–Crippen MR) is 46.6 cm³/mol. The van der Waals surface area contributed by atoms with Gasteiger partial charge in [-0.05, 0) is 12.7 Å². The van der Waals surface area contributed by atoms with Gasteiger partial charge in [0.15, 0.2) is 0 Å². The lowest BCUT2D eigenvalue weighted by Crippen LogP contribution is -2.39. The molecule has 0 radical (unpaired) electrons. The molecule has 2 nitrogen and oxygen atoms in total. The molecule has 1 atom stereocenters. The summed E-state index contributed by atoms with van der Waals surface area (Å²) < 4.78 is 23.5. The maximum absolute atomic E-state index is 11.7.